The molecule has 0 aliphatic heterocycles. The van der Waals surface area contributed by atoms with Crippen LogP contribution in [0.3, 0.4) is 0 Å². The van der Waals surface area contributed by atoms with E-state index in [2.05, 4.69) is 84.9 Å². The summed E-state index contributed by atoms with van der Waals surface area (Å²) in [6, 6.07) is 13.2. The Bertz CT molecular complexity index is 795. The maximum Gasteiger partial charge on any atom is 0.188 e. The van der Waals surface area contributed by atoms with Crippen LogP contribution in [0.4, 0.5) is 0 Å². The minimum Gasteiger partial charge on any atom is -0.467 e. The third kappa shape index (κ3) is 6.94. The lowest BCUT2D eigenvalue weighted by Crippen LogP contribution is -2.24. The van der Waals surface area contributed by atoms with Gasteiger partial charge in [-0.25, -0.2) is 0 Å². The van der Waals surface area contributed by atoms with Crippen LogP contribution in [-0.4, -0.2) is 34.0 Å². The van der Waals surface area contributed by atoms with Gasteiger partial charge in [0.2, 0.25) is 0 Å². The van der Waals surface area contributed by atoms with Gasteiger partial charge in [0, 0.05) is 24.8 Å². The second-order valence-corrected chi connectivity index (χ2v) is 12.4. The molecule has 0 atom stereocenters. The van der Waals surface area contributed by atoms with Crippen LogP contribution < -0.4 is 20.1 Å². The maximum absolute atomic E-state index is 6.05. The van der Waals surface area contributed by atoms with Crippen LogP contribution in [0.25, 0.3) is 0 Å². The summed E-state index contributed by atoms with van der Waals surface area (Å²) in [7, 11) is 2.60. The predicted octanol–water partition coefficient (Wildman–Crippen LogP) is 6.09. The van der Waals surface area contributed by atoms with Gasteiger partial charge in [0.15, 0.2) is 13.6 Å². The molecule has 0 saturated carbocycles. The van der Waals surface area contributed by atoms with Gasteiger partial charge in [-0.2, -0.15) is 0 Å². The lowest BCUT2D eigenvalue weighted by atomic mass is 9.87. The van der Waals surface area contributed by atoms with Crippen molar-refractivity contribution in [2.45, 2.75) is 65.7 Å². The van der Waals surface area contributed by atoms with Gasteiger partial charge in [0.1, 0.15) is 11.5 Å². The Labute approximate surface area is 196 Å². The standard InChI is InChI=1S/C27H41O4P/c1-10-15-32(24-16-20(26(2,3)4)11-13-22(24)30-18-28-8)25-17-21(27(5,6)7)12-14-23(25)31-19-29-9/h11-14,16-17H,10,15,18-19H2,1-9H3. The average molecular weight is 461 g/mol. The van der Waals surface area contributed by atoms with Crippen molar-refractivity contribution in [3.8, 4) is 11.5 Å². The molecule has 32 heavy (non-hydrogen) atoms. The van der Waals surface area contributed by atoms with E-state index in [4.69, 9.17) is 18.9 Å². The fourth-order valence-corrected chi connectivity index (χ4v) is 6.06. The van der Waals surface area contributed by atoms with Gasteiger partial charge in [-0.05, 0) is 60.3 Å². The molecule has 0 amide bonds. The number of benzene rings is 2. The zero-order valence-electron chi connectivity index (χ0n) is 21.4. The molecule has 0 unspecified atom stereocenters. The van der Waals surface area contributed by atoms with E-state index >= 15 is 0 Å². The molecule has 0 spiro atoms. The molecule has 0 aliphatic rings. The highest BCUT2D eigenvalue weighted by atomic mass is 31.1. The Morgan fingerprint density at radius 1 is 0.688 bits per heavy atom. The Morgan fingerprint density at radius 2 is 1.09 bits per heavy atom. The van der Waals surface area contributed by atoms with Crippen molar-refractivity contribution in [2.75, 3.05) is 34.0 Å². The van der Waals surface area contributed by atoms with Gasteiger partial charge in [-0.3, -0.25) is 0 Å². The molecule has 5 heteroatoms. The normalized spacial score (nSPS) is 12.3. The lowest BCUT2D eigenvalue weighted by molar-refractivity contribution is 0.0518. The highest BCUT2D eigenvalue weighted by Gasteiger charge is 2.26. The first-order valence-corrected chi connectivity index (χ1v) is 12.9. The van der Waals surface area contributed by atoms with Crippen molar-refractivity contribution in [2.24, 2.45) is 0 Å². The molecule has 0 bridgehead atoms. The third-order valence-electron chi connectivity index (χ3n) is 5.34. The fraction of sp³-hybridized carbons (Fsp3) is 0.556. The largest absolute Gasteiger partial charge is 0.467 e. The van der Waals surface area contributed by atoms with Gasteiger partial charge in [0.05, 0.1) is 0 Å². The first-order valence-electron chi connectivity index (χ1n) is 11.3. The predicted molar refractivity (Wildman–Crippen MR) is 137 cm³/mol. The second-order valence-electron chi connectivity index (χ2n) is 10.1. The average Bonchev–Trinajstić information content (AvgIpc) is 2.73. The lowest BCUT2D eigenvalue weighted by Gasteiger charge is -2.28. The molecule has 0 aliphatic carbocycles. The zero-order chi connectivity index (χ0) is 23.9. The SMILES string of the molecule is CCCP(c1cc(C(C)(C)C)ccc1OCOC)c1cc(C(C)(C)C)ccc1OCOC. The summed E-state index contributed by atoms with van der Waals surface area (Å²) >= 11 is 0. The van der Waals surface area contributed by atoms with E-state index in [0.29, 0.717) is 0 Å². The molecule has 2 aromatic rings. The van der Waals surface area contributed by atoms with Gasteiger partial charge in [0.25, 0.3) is 0 Å². The number of rotatable bonds is 10. The Morgan fingerprint density at radius 3 is 1.41 bits per heavy atom. The molecule has 178 valence electrons. The van der Waals surface area contributed by atoms with Crippen molar-refractivity contribution in [1.82, 2.24) is 0 Å². The molecular formula is C27H41O4P. The molecule has 2 rings (SSSR count). The van der Waals surface area contributed by atoms with Crippen molar-refractivity contribution in [1.29, 1.82) is 0 Å². The molecule has 0 aromatic heterocycles. The highest BCUT2D eigenvalue weighted by molar-refractivity contribution is 7.73. The van der Waals surface area contributed by atoms with Gasteiger partial charge in [-0.15, -0.1) is 0 Å². The summed E-state index contributed by atoms with van der Waals surface area (Å²) in [6.07, 6.45) is 2.11. The number of hydrogen-bond acceptors (Lipinski definition) is 4. The van der Waals surface area contributed by atoms with E-state index < -0.39 is 7.92 Å². The molecule has 4 nitrogen and oxygen atoms in total. The van der Waals surface area contributed by atoms with E-state index in [-0.39, 0.29) is 24.4 Å². The van der Waals surface area contributed by atoms with Crippen LogP contribution in [0, 0.1) is 0 Å². The van der Waals surface area contributed by atoms with Crippen LogP contribution in [0.15, 0.2) is 36.4 Å². The molecular weight excluding hydrogens is 419 g/mol. The van der Waals surface area contributed by atoms with E-state index in [1.165, 1.54) is 21.7 Å². The first-order chi connectivity index (χ1) is 15.0. The minimum absolute atomic E-state index is 0.0460. The highest BCUT2D eigenvalue weighted by Crippen LogP contribution is 2.43. The topological polar surface area (TPSA) is 36.9 Å². The Kier molecular flexibility index (Phi) is 9.57. The zero-order valence-corrected chi connectivity index (χ0v) is 22.3. The molecule has 0 saturated heterocycles. The van der Waals surface area contributed by atoms with Crippen molar-refractivity contribution in [3.05, 3.63) is 47.5 Å². The van der Waals surface area contributed by atoms with Crippen LogP contribution >= 0.6 is 7.92 Å². The number of methoxy groups -OCH3 is 2. The quantitative estimate of drug-likeness (QED) is 0.318. The summed E-state index contributed by atoms with van der Waals surface area (Å²) < 4.78 is 22.6. The Hall–Kier alpha value is -1.61. The molecule has 0 heterocycles. The van der Waals surface area contributed by atoms with Crippen LogP contribution in [0.5, 0.6) is 11.5 Å². The van der Waals surface area contributed by atoms with E-state index in [9.17, 15) is 0 Å². The van der Waals surface area contributed by atoms with Crippen LogP contribution in [0.1, 0.15) is 66.0 Å². The number of ether oxygens (including phenoxy) is 4. The van der Waals surface area contributed by atoms with Crippen molar-refractivity contribution >= 4 is 18.5 Å². The molecule has 0 N–H and O–H groups in total. The first kappa shape index (κ1) is 26.6. The molecule has 2 aromatic carbocycles. The summed E-state index contributed by atoms with van der Waals surface area (Å²) in [5, 5.41) is 2.47. The fourth-order valence-electron chi connectivity index (χ4n) is 3.47. The van der Waals surface area contributed by atoms with E-state index in [1.807, 2.05) is 0 Å². The molecule has 0 fully saturated rings. The van der Waals surface area contributed by atoms with Crippen molar-refractivity contribution < 1.29 is 18.9 Å². The summed E-state index contributed by atoms with van der Waals surface area (Å²) in [5.74, 6) is 1.77. The van der Waals surface area contributed by atoms with Crippen LogP contribution in [0.2, 0.25) is 0 Å². The maximum atomic E-state index is 6.05. The summed E-state index contributed by atoms with van der Waals surface area (Å²) in [4.78, 5) is 0. The van der Waals surface area contributed by atoms with Gasteiger partial charge >= 0.3 is 0 Å². The monoisotopic (exact) mass is 460 g/mol. The van der Waals surface area contributed by atoms with E-state index in [1.54, 1.807) is 14.2 Å². The second kappa shape index (κ2) is 11.5. The number of hydrogen-bond donors (Lipinski definition) is 0. The van der Waals surface area contributed by atoms with E-state index in [0.717, 1.165) is 24.1 Å². The van der Waals surface area contributed by atoms with Gasteiger partial charge < -0.3 is 18.9 Å². The molecule has 0 radical (unpaired) electrons. The van der Waals surface area contributed by atoms with Crippen LogP contribution in [-0.2, 0) is 20.3 Å². The Balaban J connectivity index is 2.73. The van der Waals surface area contributed by atoms with Gasteiger partial charge in [-0.1, -0.05) is 67.0 Å². The minimum atomic E-state index is -0.714. The van der Waals surface area contributed by atoms with Crippen molar-refractivity contribution in [3.63, 3.8) is 0 Å². The summed E-state index contributed by atoms with van der Waals surface area (Å²) in [5.41, 5.74) is 2.69. The summed E-state index contributed by atoms with van der Waals surface area (Å²) in [6.45, 7) is 16.2. The smallest absolute Gasteiger partial charge is 0.188 e. The third-order valence-corrected chi connectivity index (χ3v) is 8.10.